The smallest absolute Gasteiger partial charge is 0.225 e. The van der Waals surface area contributed by atoms with E-state index in [0.29, 0.717) is 12.3 Å². The van der Waals surface area contributed by atoms with Crippen LogP contribution in [0, 0.1) is 11.7 Å². The third-order valence-corrected chi connectivity index (χ3v) is 8.00. The molecular weight excluding hydrogens is 469 g/mol. The lowest BCUT2D eigenvalue weighted by molar-refractivity contribution is -0.147. The van der Waals surface area contributed by atoms with Crippen LogP contribution in [0.25, 0.3) is 0 Å². The molecule has 0 unspecified atom stereocenters. The number of hydrogen-bond donors (Lipinski definition) is 0. The molecule has 3 aliphatic rings. The van der Waals surface area contributed by atoms with Crippen molar-refractivity contribution in [2.24, 2.45) is 5.92 Å². The number of carbonyl (C=O) groups is 1. The van der Waals surface area contributed by atoms with Crippen LogP contribution in [0.15, 0.2) is 48.5 Å². The summed E-state index contributed by atoms with van der Waals surface area (Å²) in [5.41, 5.74) is 1.75. The average molecular weight is 510 g/mol. The van der Waals surface area contributed by atoms with E-state index in [1.165, 1.54) is 11.6 Å². The van der Waals surface area contributed by atoms with E-state index < -0.39 is 0 Å². The predicted octanol–water partition coefficient (Wildman–Crippen LogP) is 4.72. The van der Waals surface area contributed by atoms with E-state index in [9.17, 15) is 9.18 Å². The molecule has 3 fully saturated rings. The van der Waals surface area contributed by atoms with Crippen molar-refractivity contribution in [3.8, 4) is 5.75 Å². The maximum Gasteiger partial charge on any atom is 0.225 e. The van der Waals surface area contributed by atoms with E-state index >= 15 is 0 Å². The summed E-state index contributed by atoms with van der Waals surface area (Å²) >= 11 is 0. The van der Waals surface area contributed by atoms with Gasteiger partial charge in [-0.3, -0.25) is 9.69 Å². The Bertz CT molecular complexity index is 1040. The lowest BCUT2D eigenvalue weighted by atomic mass is 9.87. The van der Waals surface area contributed by atoms with Gasteiger partial charge in [-0.25, -0.2) is 4.39 Å². The van der Waals surface area contributed by atoms with Gasteiger partial charge >= 0.3 is 0 Å². The van der Waals surface area contributed by atoms with Crippen LogP contribution in [0.3, 0.4) is 0 Å². The minimum absolute atomic E-state index is 0.0799. The first-order valence-electron chi connectivity index (χ1n) is 13.8. The molecule has 7 heteroatoms. The minimum Gasteiger partial charge on any atom is -0.490 e. The van der Waals surface area contributed by atoms with E-state index in [-0.39, 0.29) is 29.3 Å². The average Bonchev–Trinajstić information content (AvgIpc) is 2.90. The van der Waals surface area contributed by atoms with Crippen molar-refractivity contribution in [2.45, 2.75) is 57.8 Å². The fourth-order valence-corrected chi connectivity index (χ4v) is 5.87. The summed E-state index contributed by atoms with van der Waals surface area (Å²) in [5.74, 6) is 1.11. The van der Waals surface area contributed by atoms with Gasteiger partial charge < -0.3 is 19.3 Å². The number of benzene rings is 2. The SMILES string of the molecule is CC1(C)C[C@@H](C(=O)N2CCC(Oc3ccc(CN4CCN(c5ccccc5F)CC4)cc3)CC2)CCO1. The number of para-hydroxylation sites is 1. The Labute approximate surface area is 220 Å². The summed E-state index contributed by atoms with van der Waals surface area (Å²) in [4.78, 5) is 19.6. The molecule has 3 heterocycles. The van der Waals surface area contributed by atoms with Crippen molar-refractivity contribution in [2.75, 3.05) is 50.8 Å². The molecule has 0 N–H and O–H groups in total. The highest BCUT2D eigenvalue weighted by Crippen LogP contribution is 2.31. The maximum atomic E-state index is 14.1. The van der Waals surface area contributed by atoms with Gasteiger partial charge in [-0.1, -0.05) is 24.3 Å². The van der Waals surface area contributed by atoms with Crippen LogP contribution in [0.1, 0.15) is 45.1 Å². The molecule has 3 aliphatic heterocycles. The highest BCUT2D eigenvalue weighted by atomic mass is 19.1. The van der Waals surface area contributed by atoms with Gasteiger partial charge in [0, 0.05) is 71.2 Å². The first-order chi connectivity index (χ1) is 17.9. The molecule has 0 spiro atoms. The van der Waals surface area contributed by atoms with Gasteiger partial charge in [-0.05, 0) is 56.5 Å². The number of likely N-dealkylation sites (tertiary alicyclic amines) is 1. The molecule has 37 heavy (non-hydrogen) atoms. The van der Waals surface area contributed by atoms with E-state index in [4.69, 9.17) is 9.47 Å². The van der Waals surface area contributed by atoms with Crippen LogP contribution < -0.4 is 9.64 Å². The minimum atomic E-state index is -0.206. The number of anilines is 1. The topological polar surface area (TPSA) is 45.2 Å². The van der Waals surface area contributed by atoms with E-state index in [0.717, 1.165) is 77.2 Å². The number of nitrogens with zero attached hydrogens (tertiary/aromatic N) is 3. The summed E-state index contributed by atoms with van der Waals surface area (Å²) in [6.45, 7) is 10.7. The van der Waals surface area contributed by atoms with Crippen LogP contribution in [-0.2, 0) is 16.1 Å². The Kier molecular flexibility index (Phi) is 8.01. The van der Waals surface area contributed by atoms with Gasteiger partial charge in [0.2, 0.25) is 5.91 Å². The normalized spacial score (nSPS) is 23.2. The van der Waals surface area contributed by atoms with Crippen molar-refractivity contribution in [3.63, 3.8) is 0 Å². The number of amides is 1. The Morgan fingerprint density at radius 1 is 0.973 bits per heavy atom. The summed E-state index contributed by atoms with van der Waals surface area (Å²) in [6, 6.07) is 15.4. The molecule has 6 nitrogen and oxygen atoms in total. The molecular formula is C30H40FN3O3. The largest absolute Gasteiger partial charge is 0.490 e. The molecule has 2 aromatic rings. The lowest BCUT2D eigenvalue weighted by Crippen LogP contribution is -2.47. The van der Waals surface area contributed by atoms with Crippen molar-refractivity contribution in [1.29, 1.82) is 0 Å². The van der Waals surface area contributed by atoms with Gasteiger partial charge in [0.05, 0.1) is 11.3 Å². The second-order valence-electron chi connectivity index (χ2n) is 11.3. The number of carbonyl (C=O) groups excluding carboxylic acids is 1. The zero-order valence-electron chi connectivity index (χ0n) is 22.2. The Balaban J connectivity index is 1.05. The van der Waals surface area contributed by atoms with Gasteiger partial charge in [0.15, 0.2) is 0 Å². The third-order valence-electron chi connectivity index (χ3n) is 8.00. The van der Waals surface area contributed by atoms with E-state index in [1.807, 2.05) is 17.0 Å². The molecule has 0 aliphatic carbocycles. The number of hydrogen-bond acceptors (Lipinski definition) is 5. The second kappa shape index (κ2) is 11.4. The molecule has 200 valence electrons. The number of halogens is 1. The van der Waals surface area contributed by atoms with Crippen LogP contribution in [0.4, 0.5) is 10.1 Å². The third kappa shape index (κ3) is 6.63. The summed E-state index contributed by atoms with van der Waals surface area (Å²) in [5, 5.41) is 0. The highest BCUT2D eigenvalue weighted by Gasteiger charge is 2.36. The van der Waals surface area contributed by atoms with Crippen LogP contribution >= 0.6 is 0 Å². The molecule has 0 bridgehead atoms. The van der Waals surface area contributed by atoms with Crippen molar-refractivity contribution in [3.05, 3.63) is 59.9 Å². The molecule has 0 aromatic heterocycles. The summed E-state index contributed by atoms with van der Waals surface area (Å²) < 4.78 is 26.1. The Morgan fingerprint density at radius 3 is 2.35 bits per heavy atom. The zero-order chi connectivity index (χ0) is 25.8. The fourth-order valence-electron chi connectivity index (χ4n) is 5.87. The molecule has 1 atom stereocenters. The first-order valence-corrected chi connectivity index (χ1v) is 13.8. The van der Waals surface area contributed by atoms with Crippen molar-refractivity contribution in [1.82, 2.24) is 9.80 Å². The van der Waals surface area contributed by atoms with Gasteiger partial charge in [0.25, 0.3) is 0 Å². The number of ether oxygens (including phenoxy) is 2. The van der Waals surface area contributed by atoms with Gasteiger partial charge in [-0.15, -0.1) is 0 Å². The van der Waals surface area contributed by atoms with Crippen LogP contribution in [0.5, 0.6) is 5.75 Å². The molecule has 0 radical (unpaired) electrons. The van der Waals surface area contributed by atoms with Crippen molar-refractivity contribution >= 4 is 11.6 Å². The highest BCUT2D eigenvalue weighted by molar-refractivity contribution is 5.79. The monoisotopic (exact) mass is 509 g/mol. The molecule has 2 aromatic carbocycles. The Hall–Kier alpha value is -2.64. The van der Waals surface area contributed by atoms with Crippen molar-refractivity contribution < 1.29 is 18.7 Å². The molecule has 5 rings (SSSR count). The molecule has 3 saturated heterocycles. The number of piperidine rings is 1. The molecule has 1 amide bonds. The maximum absolute atomic E-state index is 14.1. The van der Waals surface area contributed by atoms with Gasteiger partial charge in [0.1, 0.15) is 17.7 Å². The first kappa shape index (κ1) is 26.0. The lowest BCUT2D eigenvalue weighted by Gasteiger charge is -2.39. The van der Waals surface area contributed by atoms with E-state index in [1.54, 1.807) is 6.07 Å². The zero-order valence-corrected chi connectivity index (χ0v) is 22.2. The van der Waals surface area contributed by atoms with Crippen LogP contribution in [-0.4, -0.2) is 73.3 Å². The number of piperazine rings is 1. The van der Waals surface area contributed by atoms with E-state index in [2.05, 4.69) is 47.9 Å². The Morgan fingerprint density at radius 2 is 1.68 bits per heavy atom. The fraction of sp³-hybridized carbons (Fsp3) is 0.567. The quantitative estimate of drug-likeness (QED) is 0.564. The van der Waals surface area contributed by atoms with Gasteiger partial charge in [-0.2, -0.15) is 0 Å². The summed E-state index contributed by atoms with van der Waals surface area (Å²) in [7, 11) is 0. The summed E-state index contributed by atoms with van der Waals surface area (Å²) in [6.07, 6.45) is 3.51. The second-order valence-corrected chi connectivity index (χ2v) is 11.3. The standard InChI is InChI=1S/C30H40FN3O3/c1-30(2)21-24(13-20-36-30)29(35)34-14-11-26(12-15-34)37-25-9-7-23(8-10-25)22-32-16-18-33(19-17-32)28-6-4-3-5-27(28)31/h3-10,24,26H,11-22H2,1-2H3/t24-/m0/s1. The number of rotatable bonds is 6. The van der Waals surface area contributed by atoms with Crippen LogP contribution in [0.2, 0.25) is 0 Å². The molecule has 0 saturated carbocycles. The predicted molar refractivity (Wildman–Crippen MR) is 143 cm³/mol.